The van der Waals surface area contributed by atoms with Crippen LogP contribution in [0.15, 0.2) is 24.4 Å². The van der Waals surface area contributed by atoms with Gasteiger partial charge in [-0.25, -0.2) is 9.67 Å². The molecule has 1 fully saturated rings. The summed E-state index contributed by atoms with van der Waals surface area (Å²) in [6, 6.07) is 5.33. The van der Waals surface area contributed by atoms with E-state index in [2.05, 4.69) is 20.7 Å². The summed E-state index contributed by atoms with van der Waals surface area (Å²) in [6.07, 6.45) is 1.63. The minimum atomic E-state index is -0.315. The fraction of sp³-hybridized carbons (Fsp3) is 0.400. The van der Waals surface area contributed by atoms with E-state index in [0.717, 1.165) is 17.2 Å². The van der Waals surface area contributed by atoms with Gasteiger partial charge in [0, 0.05) is 12.2 Å². The Balaban J connectivity index is 1.69. The average molecular weight is 301 g/mol. The van der Waals surface area contributed by atoms with Gasteiger partial charge in [0.15, 0.2) is 5.82 Å². The normalized spacial score (nSPS) is 18.2. The summed E-state index contributed by atoms with van der Waals surface area (Å²) in [5.74, 6) is 0.614. The van der Waals surface area contributed by atoms with Crippen molar-refractivity contribution in [2.24, 2.45) is 0 Å². The van der Waals surface area contributed by atoms with Gasteiger partial charge in [-0.3, -0.25) is 4.79 Å². The number of aryl methyl sites for hydroxylation is 2. The molecular weight excluding hydrogens is 282 g/mol. The number of hydrogen-bond donors (Lipinski definition) is 2. The van der Waals surface area contributed by atoms with Crippen LogP contribution < -0.4 is 10.6 Å². The molecule has 0 radical (unpaired) electrons. The number of nitrogens with one attached hydrogen (secondary N) is 2. The lowest BCUT2D eigenvalue weighted by Gasteiger charge is -2.22. The number of rotatable bonds is 3. The first-order valence-corrected chi connectivity index (χ1v) is 7.25. The molecule has 7 heteroatoms. The van der Waals surface area contributed by atoms with E-state index in [4.69, 9.17) is 4.74 Å². The van der Waals surface area contributed by atoms with Gasteiger partial charge in [-0.15, -0.1) is 0 Å². The van der Waals surface area contributed by atoms with E-state index >= 15 is 0 Å². The Morgan fingerprint density at radius 1 is 1.45 bits per heavy atom. The van der Waals surface area contributed by atoms with Crippen LogP contribution in [0.25, 0.3) is 5.82 Å². The maximum absolute atomic E-state index is 12.1. The molecule has 1 unspecified atom stereocenters. The smallest absolute Gasteiger partial charge is 0.243 e. The van der Waals surface area contributed by atoms with Crippen molar-refractivity contribution in [3.8, 4) is 5.82 Å². The van der Waals surface area contributed by atoms with Crippen LogP contribution in [0, 0.1) is 13.8 Å². The van der Waals surface area contributed by atoms with E-state index in [1.54, 1.807) is 10.9 Å². The Kier molecular flexibility index (Phi) is 4.17. The van der Waals surface area contributed by atoms with E-state index in [9.17, 15) is 4.79 Å². The topological polar surface area (TPSA) is 81.1 Å². The number of carbonyl (C=O) groups is 1. The number of hydrogen-bond acceptors (Lipinski definition) is 5. The molecule has 7 nitrogen and oxygen atoms in total. The maximum Gasteiger partial charge on any atom is 0.243 e. The molecule has 1 saturated heterocycles. The van der Waals surface area contributed by atoms with Gasteiger partial charge in [-0.1, -0.05) is 0 Å². The molecule has 0 aliphatic carbocycles. The van der Waals surface area contributed by atoms with E-state index in [-0.39, 0.29) is 11.9 Å². The quantitative estimate of drug-likeness (QED) is 0.877. The second-order valence-corrected chi connectivity index (χ2v) is 5.31. The second kappa shape index (κ2) is 6.25. The van der Waals surface area contributed by atoms with Crippen molar-refractivity contribution in [1.29, 1.82) is 0 Å². The van der Waals surface area contributed by atoms with Gasteiger partial charge in [0.2, 0.25) is 5.91 Å². The van der Waals surface area contributed by atoms with Gasteiger partial charge in [-0.05, 0) is 32.0 Å². The van der Waals surface area contributed by atoms with E-state index in [0.29, 0.717) is 25.4 Å². The highest BCUT2D eigenvalue weighted by Crippen LogP contribution is 2.13. The summed E-state index contributed by atoms with van der Waals surface area (Å²) < 4.78 is 7.06. The largest absolute Gasteiger partial charge is 0.378 e. The summed E-state index contributed by atoms with van der Waals surface area (Å²) in [6.45, 7) is 5.64. The van der Waals surface area contributed by atoms with Crippen molar-refractivity contribution in [2.75, 3.05) is 25.1 Å². The predicted molar refractivity (Wildman–Crippen MR) is 82.1 cm³/mol. The Hall–Kier alpha value is -2.25. The zero-order chi connectivity index (χ0) is 15.5. The van der Waals surface area contributed by atoms with Gasteiger partial charge in [0.05, 0.1) is 30.8 Å². The molecule has 116 valence electrons. The molecule has 1 aliphatic rings. The van der Waals surface area contributed by atoms with Crippen LogP contribution in [0.4, 0.5) is 5.69 Å². The Bertz CT molecular complexity index is 659. The lowest BCUT2D eigenvalue weighted by atomic mass is 10.2. The third-order valence-corrected chi connectivity index (χ3v) is 3.48. The zero-order valence-electron chi connectivity index (χ0n) is 12.7. The molecule has 3 heterocycles. The Morgan fingerprint density at radius 3 is 2.91 bits per heavy atom. The maximum atomic E-state index is 12.1. The first kappa shape index (κ1) is 14.7. The fourth-order valence-electron chi connectivity index (χ4n) is 2.41. The third-order valence-electron chi connectivity index (χ3n) is 3.48. The number of morpholine rings is 1. The molecule has 3 rings (SSSR count). The molecule has 1 atom stereocenters. The van der Waals surface area contributed by atoms with Crippen molar-refractivity contribution in [3.05, 3.63) is 35.8 Å². The molecule has 2 aromatic rings. The number of aromatic nitrogens is 3. The van der Waals surface area contributed by atoms with Crippen molar-refractivity contribution in [1.82, 2.24) is 20.1 Å². The third kappa shape index (κ3) is 3.15. The van der Waals surface area contributed by atoms with Crippen LogP contribution in [0.1, 0.15) is 11.4 Å². The average Bonchev–Trinajstić information content (AvgIpc) is 2.87. The predicted octanol–water partition coefficient (Wildman–Crippen LogP) is 0.811. The minimum absolute atomic E-state index is 0.111. The molecule has 2 N–H and O–H groups in total. The highest BCUT2D eigenvalue weighted by molar-refractivity contribution is 5.94. The van der Waals surface area contributed by atoms with Gasteiger partial charge >= 0.3 is 0 Å². The monoisotopic (exact) mass is 301 g/mol. The lowest BCUT2D eigenvalue weighted by molar-refractivity contribution is -0.120. The molecule has 1 aliphatic heterocycles. The van der Waals surface area contributed by atoms with Crippen molar-refractivity contribution >= 4 is 11.6 Å². The Morgan fingerprint density at radius 2 is 2.32 bits per heavy atom. The van der Waals surface area contributed by atoms with Crippen molar-refractivity contribution in [2.45, 2.75) is 19.9 Å². The van der Waals surface area contributed by atoms with Crippen LogP contribution in [0.2, 0.25) is 0 Å². The van der Waals surface area contributed by atoms with E-state index in [1.165, 1.54) is 0 Å². The lowest BCUT2D eigenvalue weighted by Crippen LogP contribution is -2.48. The molecule has 0 aromatic carbocycles. The van der Waals surface area contributed by atoms with Gasteiger partial charge < -0.3 is 15.4 Å². The first-order chi connectivity index (χ1) is 10.6. The van der Waals surface area contributed by atoms with Crippen LogP contribution >= 0.6 is 0 Å². The molecule has 0 bridgehead atoms. The fourth-order valence-corrected chi connectivity index (χ4v) is 2.41. The summed E-state index contributed by atoms with van der Waals surface area (Å²) in [5.41, 5.74) is 2.62. The highest BCUT2D eigenvalue weighted by atomic mass is 16.5. The molecule has 0 spiro atoms. The number of carbonyl (C=O) groups excluding carboxylic acids is 1. The minimum Gasteiger partial charge on any atom is -0.378 e. The van der Waals surface area contributed by atoms with Crippen LogP contribution in [-0.2, 0) is 9.53 Å². The van der Waals surface area contributed by atoms with Gasteiger partial charge in [-0.2, -0.15) is 5.10 Å². The van der Waals surface area contributed by atoms with Crippen LogP contribution in [0.5, 0.6) is 0 Å². The molecular formula is C15H19N5O2. The number of nitrogens with zero attached hydrogens (tertiary/aromatic N) is 3. The summed E-state index contributed by atoms with van der Waals surface area (Å²) in [5, 5.41) is 10.3. The molecule has 22 heavy (non-hydrogen) atoms. The van der Waals surface area contributed by atoms with Crippen LogP contribution in [-0.4, -0.2) is 46.5 Å². The number of ether oxygens (including phenoxy) is 1. The number of anilines is 1. The zero-order valence-corrected chi connectivity index (χ0v) is 12.7. The molecule has 0 saturated carbocycles. The second-order valence-electron chi connectivity index (χ2n) is 5.31. The standard InChI is InChI=1S/C15H19N5O2/c1-10-7-11(2)20(19-10)14-4-3-12(8-17-14)18-15(21)13-9-22-6-5-16-13/h3-4,7-8,13,16H,5-6,9H2,1-2H3,(H,18,21). The van der Waals surface area contributed by atoms with E-state index in [1.807, 2.05) is 32.0 Å². The number of amides is 1. The summed E-state index contributed by atoms with van der Waals surface area (Å²) >= 11 is 0. The SMILES string of the molecule is Cc1cc(C)n(-c2ccc(NC(=O)C3COCCN3)cn2)n1. The first-order valence-electron chi connectivity index (χ1n) is 7.25. The molecule has 2 aromatic heterocycles. The van der Waals surface area contributed by atoms with Gasteiger partial charge in [0.1, 0.15) is 6.04 Å². The van der Waals surface area contributed by atoms with Crippen molar-refractivity contribution in [3.63, 3.8) is 0 Å². The highest BCUT2D eigenvalue weighted by Gasteiger charge is 2.21. The van der Waals surface area contributed by atoms with E-state index < -0.39 is 0 Å². The molecule has 1 amide bonds. The van der Waals surface area contributed by atoms with Gasteiger partial charge in [0.25, 0.3) is 0 Å². The summed E-state index contributed by atoms with van der Waals surface area (Å²) in [7, 11) is 0. The van der Waals surface area contributed by atoms with Crippen molar-refractivity contribution < 1.29 is 9.53 Å². The van der Waals surface area contributed by atoms with Crippen LogP contribution in [0.3, 0.4) is 0 Å². The number of pyridine rings is 1. The summed E-state index contributed by atoms with van der Waals surface area (Å²) in [4.78, 5) is 16.4. The Labute approximate surface area is 128 Å².